The molecule has 1 aliphatic carbocycles. The van der Waals surface area contributed by atoms with E-state index < -0.39 is 63.1 Å². The van der Waals surface area contributed by atoms with Crippen molar-refractivity contribution >= 4 is 13.8 Å². The van der Waals surface area contributed by atoms with Gasteiger partial charge in [-0.25, -0.2) is 4.57 Å². The maximum atomic E-state index is 12.8. The van der Waals surface area contributed by atoms with Crippen LogP contribution in [0.25, 0.3) is 0 Å². The lowest BCUT2D eigenvalue weighted by atomic mass is 9.85. The van der Waals surface area contributed by atoms with Gasteiger partial charge in [0.1, 0.15) is 42.7 Å². The van der Waals surface area contributed by atoms with Gasteiger partial charge in [-0.1, -0.05) is 144 Å². The third-order valence-electron chi connectivity index (χ3n) is 9.77. The monoisotopic (exact) mass is 867 g/mol. The lowest BCUT2D eigenvalue weighted by Gasteiger charge is -2.41. The second-order valence-electron chi connectivity index (χ2n) is 15.2. The minimum absolute atomic E-state index is 0.139. The number of carbonyl (C=O) groups is 1. The summed E-state index contributed by atoms with van der Waals surface area (Å²) in [5, 5.41) is 50.1. The maximum absolute atomic E-state index is 12.8. The summed E-state index contributed by atoms with van der Waals surface area (Å²) < 4.78 is 34.0. The Balaban J connectivity index is 2.48. The maximum Gasteiger partial charge on any atom is 0.472 e. The molecular weight excluding hydrogens is 787 g/mol. The quantitative estimate of drug-likeness (QED) is 0.0152. The van der Waals surface area contributed by atoms with Gasteiger partial charge in [-0.15, -0.1) is 0 Å². The molecule has 12 nitrogen and oxygen atoms in total. The average Bonchev–Trinajstić information content (AvgIpc) is 3.23. The van der Waals surface area contributed by atoms with Crippen LogP contribution in [0.1, 0.15) is 142 Å². The SMILES string of the molecule is CC/C=C\C/C=C\C/C=C\C/C=C\C/C=C\CCOCC(COP(=O)(O)OC1C(O)C(O)C(O)C(O)C1O)OC(=O)CCCCCCCCC/C=C\C/C=C\CCCCC. The van der Waals surface area contributed by atoms with E-state index >= 15 is 0 Å². The fraction of sp³-hybridized carbons (Fsp3) is 0.681. The molecule has 0 spiro atoms. The predicted molar refractivity (Wildman–Crippen MR) is 239 cm³/mol. The van der Waals surface area contributed by atoms with Crippen LogP contribution in [0, 0.1) is 0 Å². The Labute approximate surface area is 361 Å². The Morgan fingerprint density at radius 1 is 0.550 bits per heavy atom. The van der Waals surface area contributed by atoms with Crippen LogP contribution in [0.5, 0.6) is 0 Å². The lowest BCUT2D eigenvalue weighted by molar-refractivity contribution is -0.220. The molecule has 13 heteroatoms. The van der Waals surface area contributed by atoms with Gasteiger partial charge in [0, 0.05) is 6.42 Å². The van der Waals surface area contributed by atoms with Crippen molar-refractivity contribution in [1.82, 2.24) is 0 Å². The van der Waals surface area contributed by atoms with Gasteiger partial charge in [0.15, 0.2) is 0 Å². The molecule has 6 atom stereocenters. The number of aliphatic hydroxyl groups is 5. The molecule has 6 unspecified atom stereocenters. The largest absolute Gasteiger partial charge is 0.472 e. The van der Waals surface area contributed by atoms with Crippen molar-refractivity contribution in [2.75, 3.05) is 19.8 Å². The molecule has 1 saturated carbocycles. The third kappa shape index (κ3) is 28.9. The fourth-order valence-corrected chi connectivity index (χ4v) is 7.19. The summed E-state index contributed by atoms with van der Waals surface area (Å²) in [6.07, 6.45) is 36.7. The zero-order valence-corrected chi connectivity index (χ0v) is 37.4. The van der Waals surface area contributed by atoms with Crippen molar-refractivity contribution in [3.8, 4) is 0 Å². The highest BCUT2D eigenvalue weighted by molar-refractivity contribution is 7.47. The number of hydrogen-bond donors (Lipinski definition) is 6. The third-order valence-corrected chi connectivity index (χ3v) is 10.8. The van der Waals surface area contributed by atoms with Gasteiger partial charge in [-0.3, -0.25) is 13.8 Å². The molecule has 0 heterocycles. The van der Waals surface area contributed by atoms with Gasteiger partial charge in [0.05, 0.1) is 19.8 Å². The molecule has 1 rings (SSSR count). The Morgan fingerprint density at radius 2 is 0.983 bits per heavy atom. The topological polar surface area (TPSA) is 192 Å². The summed E-state index contributed by atoms with van der Waals surface area (Å²) in [5.74, 6) is -0.514. The number of ether oxygens (including phenoxy) is 2. The number of phosphoric ester groups is 1. The normalized spacial score (nSPS) is 23.1. The lowest BCUT2D eigenvalue weighted by Crippen LogP contribution is -2.64. The number of rotatable bonds is 36. The van der Waals surface area contributed by atoms with Crippen LogP contribution >= 0.6 is 7.82 Å². The number of hydrogen-bond acceptors (Lipinski definition) is 11. The highest BCUT2D eigenvalue weighted by atomic mass is 31.2. The van der Waals surface area contributed by atoms with Crippen LogP contribution in [0.15, 0.2) is 85.1 Å². The van der Waals surface area contributed by atoms with Crippen molar-refractivity contribution in [3.05, 3.63) is 85.1 Å². The van der Waals surface area contributed by atoms with Crippen LogP contribution in [0.2, 0.25) is 0 Å². The standard InChI is InChI=1S/C47H79O12P/c1-3-5-7-9-11-13-15-17-19-21-22-24-26-28-30-32-34-36-41(48)58-40(39-57-60(54,55)59-47-45(52)43(50)42(49)44(51)46(47)53)38-56-37-35-33-31-29-27-25-23-20-18-16-14-12-10-8-6-4-2/h6,8,11-14,17-20,25,27,31,33,40,42-47,49-53H,3-5,7,9-10,15-16,21-24,26,28-30,32,34-39H2,1-2H3,(H,54,55)/b8-6-,13-11-,14-12-,19-17-,20-18-,27-25-,33-31-. The van der Waals surface area contributed by atoms with Gasteiger partial charge in [-0.2, -0.15) is 0 Å². The number of carbonyl (C=O) groups excluding carboxylic acids is 1. The molecule has 1 aliphatic rings. The van der Waals surface area contributed by atoms with E-state index in [0.717, 1.165) is 77.0 Å². The number of aliphatic hydroxyl groups excluding tert-OH is 5. The number of allylic oxidation sites excluding steroid dienone is 13. The van der Waals surface area contributed by atoms with Gasteiger partial charge in [0.25, 0.3) is 0 Å². The molecule has 0 saturated heterocycles. The molecule has 0 radical (unpaired) electrons. The highest BCUT2D eigenvalue weighted by Gasteiger charge is 2.51. The Bertz CT molecular complexity index is 1310. The number of phosphoric acid groups is 1. The first kappa shape index (κ1) is 55.5. The summed E-state index contributed by atoms with van der Waals surface area (Å²) in [6, 6.07) is 0. The molecular formula is C47H79O12P. The van der Waals surface area contributed by atoms with E-state index in [0.29, 0.717) is 12.8 Å². The Hall–Kier alpha value is -2.48. The summed E-state index contributed by atoms with van der Waals surface area (Å²) in [7, 11) is -5.04. The van der Waals surface area contributed by atoms with E-state index in [-0.39, 0.29) is 19.6 Å². The second-order valence-corrected chi connectivity index (χ2v) is 16.6. The zero-order chi connectivity index (χ0) is 44.1. The predicted octanol–water partition coefficient (Wildman–Crippen LogP) is 8.97. The molecule has 0 bridgehead atoms. The van der Waals surface area contributed by atoms with Gasteiger partial charge < -0.3 is 39.9 Å². The van der Waals surface area contributed by atoms with E-state index in [4.69, 9.17) is 18.5 Å². The van der Waals surface area contributed by atoms with Gasteiger partial charge in [-0.05, 0) is 77.0 Å². The van der Waals surface area contributed by atoms with Crippen molar-refractivity contribution in [2.45, 2.75) is 185 Å². The highest BCUT2D eigenvalue weighted by Crippen LogP contribution is 2.47. The Kier molecular flexibility index (Phi) is 34.3. The summed E-state index contributed by atoms with van der Waals surface area (Å²) in [5.41, 5.74) is 0. The molecule has 0 aromatic rings. The molecule has 0 aromatic carbocycles. The minimum Gasteiger partial charge on any atom is -0.457 e. The van der Waals surface area contributed by atoms with Gasteiger partial charge in [0.2, 0.25) is 0 Å². The van der Waals surface area contributed by atoms with Crippen LogP contribution in [0.3, 0.4) is 0 Å². The summed E-state index contributed by atoms with van der Waals surface area (Å²) in [6.45, 7) is 3.88. The fourth-order valence-electron chi connectivity index (χ4n) is 6.21. The smallest absolute Gasteiger partial charge is 0.457 e. The van der Waals surface area contributed by atoms with Crippen LogP contribution in [-0.4, -0.2) is 98.9 Å². The molecule has 1 fully saturated rings. The van der Waals surface area contributed by atoms with Crippen molar-refractivity contribution in [2.24, 2.45) is 0 Å². The van der Waals surface area contributed by atoms with Crippen molar-refractivity contribution < 1.29 is 58.3 Å². The van der Waals surface area contributed by atoms with Crippen LogP contribution in [-0.2, 0) is 27.9 Å². The van der Waals surface area contributed by atoms with Crippen molar-refractivity contribution in [1.29, 1.82) is 0 Å². The van der Waals surface area contributed by atoms with E-state index in [9.17, 15) is 39.8 Å². The molecule has 0 aromatic heterocycles. The Morgan fingerprint density at radius 3 is 1.50 bits per heavy atom. The van der Waals surface area contributed by atoms with Crippen molar-refractivity contribution in [3.63, 3.8) is 0 Å². The molecule has 344 valence electrons. The second kappa shape index (κ2) is 37.1. The average molecular weight is 867 g/mol. The van der Waals surface area contributed by atoms with E-state index in [1.165, 1.54) is 32.1 Å². The van der Waals surface area contributed by atoms with E-state index in [1.807, 2.05) is 12.2 Å². The minimum atomic E-state index is -5.04. The van der Waals surface area contributed by atoms with E-state index in [2.05, 4.69) is 86.8 Å². The number of esters is 1. The first-order valence-corrected chi connectivity index (χ1v) is 23.9. The van der Waals surface area contributed by atoms with Crippen LogP contribution < -0.4 is 0 Å². The molecule has 0 aliphatic heterocycles. The first-order valence-electron chi connectivity index (χ1n) is 22.4. The molecule has 0 amide bonds. The summed E-state index contributed by atoms with van der Waals surface area (Å²) in [4.78, 5) is 23.1. The zero-order valence-electron chi connectivity index (χ0n) is 36.5. The van der Waals surface area contributed by atoms with Gasteiger partial charge >= 0.3 is 13.8 Å². The van der Waals surface area contributed by atoms with Crippen LogP contribution in [0.4, 0.5) is 0 Å². The number of unbranched alkanes of at least 4 members (excludes halogenated alkanes) is 10. The molecule has 60 heavy (non-hydrogen) atoms. The summed E-state index contributed by atoms with van der Waals surface area (Å²) >= 11 is 0. The first-order chi connectivity index (χ1) is 29.0. The van der Waals surface area contributed by atoms with E-state index in [1.54, 1.807) is 0 Å². The molecule has 6 N–H and O–H groups in total.